The molecule has 0 N–H and O–H groups in total. The number of carbonyl (C=O) groups is 1. The number of amides is 1. The molecule has 0 bridgehead atoms. The van der Waals surface area contributed by atoms with Gasteiger partial charge in [-0.2, -0.15) is 0 Å². The maximum Gasteiger partial charge on any atom is 0.296 e. The van der Waals surface area contributed by atoms with Gasteiger partial charge in [-0.3, -0.25) is 14.5 Å². The molecule has 1 aliphatic rings. The van der Waals surface area contributed by atoms with E-state index < -0.39 is 11.9 Å². The van der Waals surface area contributed by atoms with E-state index in [1.165, 1.54) is 17.0 Å². The molecule has 0 saturated carbocycles. The molecule has 1 aliphatic heterocycles. The molecule has 2 aromatic heterocycles. The first-order valence-corrected chi connectivity index (χ1v) is 9.49. The number of hydrogen-bond acceptors (Lipinski definition) is 5. The van der Waals surface area contributed by atoms with Crippen molar-refractivity contribution in [1.82, 2.24) is 5.16 Å². The van der Waals surface area contributed by atoms with Crippen LogP contribution in [0.5, 0.6) is 0 Å². The van der Waals surface area contributed by atoms with Gasteiger partial charge in [0.25, 0.3) is 5.91 Å². The van der Waals surface area contributed by atoms with E-state index in [2.05, 4.69) is 5.16 Å². The van der Waals surface area contributed by atoms with Gasteiger partial charge in [-0.25, -0.2) is 0 Å². The SMILES string of the molecule is Cc1cc(N2C(=O)c3oc4c(Cl)cc(Cl)cc4c(=O)c3[C@H]2c2ccccc2)no1. The Balaban J connectivity index is 1.86. The van der Waals surface area contributed by atoms with Gasteiger partial charge < -0.3 is 8.94 Å². The number of nitrogens with zero attached hydrogens (tertiary/aromatic N) is 2. The van der Waals surface area contributed by atoms with Crippen LogP contribution in [0.3, 0.4) is 0 Å². The Morgan fingerprint density at radius 3 is 2.52 bits per heavy atom. The molecule has 5 rings (SSSR count). The largest absolute Gasteiger partial charge is 0.449 e. The second-order valence-corrected chi connectivity index (χ2v) is 7.57. The lowest BCUT2D eigenvalue weighted by Gasteiger charge is -2.22. The molecule has 0 saturated heterocycles. The minimum atomic E-state index is -0.721. The van der Waals surface area contributed by atoms with E-state index >= 15 is 0 Å². The van der Waals surface area contributed by atoms with Gasteiger partial charge >= 0.3 is 0 Å². The van der Waals surface area contributed by atoms with E-state index in [4.69, 9.17) is 32.1 Å². The van der Waals surface area contributed by atoms with E-state index in [1.807, 2.05) is 30.3 Å². The van der Waals surface area contributed by atoms with Crippen LogP contribution >= 0.6 is 23.2 Å². The molecule has 1 atom stereocenters. The van der Waals surface area contributed by atoms with Crippen LogP contribution in [-0.4, -0.2) is 11.1 Å². The maximum atomic E-state index is 13.4. The number of anilines is 1. The predicted octanol–water partition coefficient (Wildman–Crippen LogP) is 5.15. The predicted molar refractivity (Wildman–Crippen MR) is 109 cm³/mol. The van der Waals surface area contributed by atoms with Crippen LogP contribution in [0.25, 0.3) is 11.0 Å². The van der Waals surface area contributed by atoms with E-state index in [1.54, 1.807) is 13.0 Å². The van der Waals surface area contributed by atoms with Crippen LogP contribution in [0, 0.1) is 6.92 Å². The number of hydrogen-bond donors (Lipinski definition) is 0. The molecule has 2 aromatic carbocycles. The summed E-state index contributed by atoms with van der Waals surface area (Å²) in [7, 11) is 0. The van der Waals surface area contributed by atoms with E-state index in [0.717, 1.165) is 5.56 Å². The number of rotatable bonds is 2. The molecular weight excluding hydrogens is 415 g/mol. The zero-order valence-corrected chi connectivity index (χ0v) is 16.5. The van der Waals surface area contributed by atoms with Crippen molar-refractivity contribution >= 4 is 45.9 Å². The molecule has 0 spiro atoms. The third-order valence-corrected chi connectivity index (χ3v) is 5.37. The first-order chi connectivity index (χ1) is 14.0. The number of aryl methyl sites for hydroxylation is 1. The molecule has 8 heteroatoms. The molecule has 0 radical (unpaired) electrons. The number of halogens is 2. The summed E-state index contributed by atoms with van der Waals surface area (Å²) < 4.78 is 11.0. The Morgan fingerprint density at radius 2 is 1.83 bits per heavy atom. The standard InChI is InChI=1S/C21H12Cl2N2O4/c1-10-7-15(24-29-10)25-17(11-5-3-2-4-6-11)16-18(26)13-8-12(22)9-14(23)19(13)28-20(16)21(25)27/h2-9,17H,1H3/t17-/m1/s1. The average molecular weight is 427 g/mol. The molecule has 29 heavy (non-hydrogen) atoms. The Labute approximate surface area is 174 Å². The lowest BCUT2D eigenvalue weighted by molar-refractivity contribution is 0.0969. The van der Waals surface area contributed by atoms with Gasteiger partial charge in [0.2, 0.25) is 5.76 Å². The van der Waals surface area contributed by atoms with Crippen LogP contribution in [-0.2, 0) is 0 Å². The zero-order chi connectivity index (χ0) is 20.3. The fraction of sp³-hybridized carbons (Fsp3) is 0.0952. The van der Waals surface area contributed by atoms with Gasteiger partial charge in [0.05, 0.1) is 22.0 Å². The van der Waals surface area contributed by atoms with Crippen molar-refractivity contribution in [2.75, 3.05) is 4.90 Å². The van der Waals surface area contributed by atoms with Crippen molar-refractivity contribution < 1.29 is 13.7 Å². The molecule has 1 amide bonds. The van der Waals surface area contributed by atoms with Crippen molar-refractivity contribution in [3.63, 3.8) is 0 Å². The van der Waals surface area contributed by atoms with Gasteiger partial charge in [0, 0.05) is 11.1 Å². The highest BCUT2D eigenvalue weighted by Crippen LogP contribution is 2.41. The molecule has 0 fully saturated rings. The van der Waals surface area contributed by atoms with Crippen LogP contribution in [0.15, 0.2) is 62.3 Å². The van der Waals surface area contributed by atoms with Gasteiger partial charge in [-0.05, 0) is 24.6 Å². The Bertz CT molecular complexity index is 1340. The van der Waals surface area contributed by atoms with Crippen LogP contribution in [0.4, 0.5) is 5.82 Å². The van der Waals surface area contributed by atoms with E-state index in [0.29, 0.717) is 16.6 Å². The summed E-state index contributed by atoms with van der Waals surface area (Å²) in [6.45, 7) is 1.72. The molecule has 6 nitrogen and oxygen atoms in total. The lowest BCUT2D eigenvalue weighted by Crippen LogP contribution is -2.29. The number of carbonyl (C=O) groups excluding carboxylic acids is 1. The fourth-order valence-electron chi connectivity index (χ4n) is 3.66. The highest BCUT2D eigenvalue weighted by Gasteiger charge is 2.45. The fourth-order valence-corrected chi connectivity index (χ4v) is 4.19. The van der Waals surface area contributed by atoms with Crippen molar-refractivity contribution in [3.05, 3.63) is 91.4 Å². The first-order valence-electron chi connectivity index (χ1n) is 8.73. The molecule has 0 unspecified atom stereocenters. The smallest absolute Gasteiger partial charge is 0.296 e. The molecule has 0 aliphatic carbocycles. The van der Waals surface area contributed by atoms with Crippen LogP contribution in [0.1, 0.15) is 33.5 Å². The maximum absolute atomic E-state index is 13.4. The summed E-state index contributed by atoms with van der Waals surface area (Å²) in [5, 5.41) is 4.66. The monoisotopic (exact) mass is 426 g/mol. The Morgan fingerprint density at radius 1 is 1.07 bits per heavy atom. The quantitative estimate of drug-likeness (QED) is 0.443. The van der Waals surface area contributed by atoms with Crippen molar-refractivity contribution in [2.24, 2.45) is 0 Å². The second kappa shape index (κ2) is 6.47. The number of fused-ring (bicyclic) bond motifs is 2. The number of benzene rings is 2. The summed E-state index contributed by atoms with van der Waals surface area (Å²) in [5.74, 6) is 0.267. The lowest BCUT2D eigenvalue weighted by atomic mass is 9.98. The van der Waals surface area contributed by atoms with Crippen molar-refractivity contribution in [3.8, 4) is 0 Å². The van der Waals surface area contributed by atoms with Gasteiger partial charge in [0.1, 0.15) is 5.76 Å². The Hall–Kier alpha value is -3.09. The molecule has 144 valence electrons. The van der Waals surface area contributed by atoms with E-state index in [-0.39, 0.29) is 32.7 Å². The average Bonchev–Trinajstić information content (AvgIpc) is 3.25. The van der Waals surface area contributed by atoms with E-state index in [9.17, 15) is 9.59 Å². The molecule has 3 heterocycles. The molecular formula is C21H12Cl2N2O4. The number of aromatic nitrogens is 1. The minimum Gasteiger partial charge on any atom is -0.449 e. The summed E-state index contributed by atoms with van der Waals surface area (Å²) in [6, 6.07) is 13.1. The summed E-state index contributed by atoms with van der Waals surface area (Å²) in [5.41, 5.74) is 0.710. The summed E-state index contributed by atoms with van der Waals surface area (Å²) in [6.07, 6.45) is 0. The Kier molecular flexibility index (Phi) is 4.01. The zero-order valence-electron chi connectivity index (χ0n) is 15.0. The first kappa shape index (κ1) is 18.0. The van der Waals surface area contributed by atoms with Crippen LogP contribution in [0.2, 0.25) is 10.0 Å². The van der Waals surface area contributed by atoms with Gasteiger partial charge in [-0.15, -0.1) is 0 Å². The van der Waals surface area contributed by atoms with Gasteiger partial charge in [0.15, 0.2) is 16.8 Å². The topological polar surface area (TPSA) is 76.6 Å². The third-order valence-electron chi connectivity index (χ3n) is 4.87. The van der Waals surface area contributed by atoms with Gasteiger partial charge in [-0.1, -0.05) is 58.7 Å². The van der Waals surface area contributed by atoms with Crippen LogP contribution < -0.4 is 10.3 Å². The second-order valence-electron chi connectivity index (χ2n) is 6.72. The summed E-state index contributed by atoms with van der Waals surface area (Å²) >= 11 is 12.3. The molecule has 4 aromatic rings. The highest BCUT2D eigenvalue weighted by molar-refractivity contribution is 6.38. The van der Waals surface area contributed by atoms with Crippen molar-refractivity contribution in [2.45, 2.75) is 13.0 Å². The summed E-state index contributed by atoms with van der Waals surface area (Å²) in [4.78, 5) is 28.1. The minimum absolute atomic E-state index is 0.0683. The normalized spacial score (nSPS) is 15.9. The van der Waals surface area contributed by atoms with Crippen molar-refractivity contribution in [1.29, 1.82) is 0 Å². The third kappa shape index (κ3) is 2.68. The highest BCUT2D eigenvalue weighted by atomic mass is 35.5.